The van der Waals surface area contributed by atoms with E-state index in [1.165, 1.54) is 0 Å². The van der Waals surface area contributed by atoms with Crippen molar-refractivity contribution in [1.29, 1.82) is 0 Å². The number of hydrogen-bond acceptors (Lipinski definition) is 3. The van der Waals surface area contributed by atoms with Gasteiger partial charge in [0.2, 0.25) is 11.8 Å². The molecule has 1 aliphatic heterocycles. The van der Waals surface area contributed by atoms with Gasteiger partial charge in [-0.1, -0.05) is 36.4 Å². The molecule has 2 aromatic carbocycles. The van der Waals surface area contributed by atoms with E-state index >= 15 is 0 Å². The molecule has 0 saturated carbocycles. The summed E-state index contributed by atoms with van der Waals surface area (Å²) >= 11 is 3.47. The SMILES string of the molecule is COCc1ccccc1CNC(=O)C1CC(=O)N(c2ccccc2Br)C1. The second-order valence-corrected chi connectivity index (χ2v) is 7.13. The van der Waals surface area contributed by atoms with Crippen molar-refractivity contribution in [3.8, 4) is 0 Å². The van der Waals surface area contributed by atoms with Crippen LogP contribution in [0.4, 0.5) is 5.69 Å². The average Bonchev–Trinajstić information content (AvgIpc) is 3.03. The Kier molecular flexibility index (Phi) is 6.06. The molecule has 1 heterocycles. The molecular formula is C20H21BrN2O3. The molecule has 0 radical (unpaired) electrons. The van der Waals surface area contributed by atoms with Gasteiger partial charge < -0.3 is 15.0 Å². The van der Waals surface area contributed by atoms with E-state index in [0.717, 1.165) is 21.3 Å². The van der Waals surface area contributed by atoms with Crippen molar-refractivity contribution in [3.63, 3.8) is 0 Å². The monoisotopic (exact) mass is 416 g/mol. The number of nitrogens with zero attached hydrogens (tertiary/aromatic N) is 1. The fraction of sp³-hybridized carbons (Fsp3) is 0.300. The lowest BCUT2D eigenvalue weighted by molar-refractivity contribution is -0.126. The van der Waals surface area contributed by atoms with Crippen LogP contribution in [0.3, 0.4) is 0 Å². The van der Waals surface area contributed by atoms with Crippen LogP contribution >= 0.6 is 15.9 Å². The van der Waals surface area contributed by atoms with Crippen LogP contribution in [0.2, 0.25) is 0 Å². The van der Waals surface area contributed by atoms with Gasteiger partial charge in [0.15, 0.2) is 0 Å². The minimum atomic E-state index is -0.343. The largest absolute Gasteiger partial charge is 0.380 e. The van der Waals surface area contributed by atoms with Crippen LogP contribution in [-0.4, -0.2) is 25.5 Å². The Hall–Kier alpha value is -2.18. The van der Waals surface area contributed by atoms with Gasteiger partial charge in [-0.05, 0) is 39.2 Å². The zero-order valence-corrected chi connectivity index (χ0v) is 16.2. The van der Waals surface area contributed by atoms with E-state index in [9.17, 15) is 9.59 Å². The maximum Gasteiger partial charge on any atom is 0.227 e. The first-order valence-electron chi connectivity index (χ1n) is 8.48. The molecular weight excluding hydrogens is 396 g/mol. The molecule has 1 atom stereocenters. The highest BCUT2D eigenvalue weighted by molar-refractivity contribution is 9.10. The van der Waals surface area contributed by atoms with Crippen molar-refractivity contribution < 1.29 is 14.3 Å². The lowest BCUT2D eigenvalue weighted by Gasteiger charge is -2.18. The average molecular weight is 417 g/mol. The Morgan fingerprint density at radius 3 is 2.62 bits per heavy atom. The van der Waals surface area contributed by atoms with Crippen LogP contribution in [0.5, 0.6) is 0 Å². The zero-order valence-electron chi connectivity index (χ0n) is 14.6. The number of ether oxygens (including phenoxy) is 1. The quantitative estimate of drug-likeness (QED) is 0.785. The van der Waals surface area contributed by atoms with Crippen LogP contribution in [0.25, 0.3) is 0 Å². The van der Waals surface area contributed by atoms with Crippen LogP contribution < -0.4 is 10.2 Å². The highest BCUT2D eigenvalue weighted by Gasteiger charge is 2.35. The Morgan fingerprint density at radius 2 is 1.88 bits per heavy atom. The fourth-order valence-electron chi connectivity index (χ4n) is 3.14. The molecule has 1 fully saturated rings. The molecule has 0 bridgehead atoms. The summed E-state index contributed by atoms with van der Waals surface area (Å²) in [6.07, 6.45) is 0.229. The second-order valence-electron chi connectivity index (χ2n) is 6.28. The molecule has 26 heavy (non-hydrogen) atoms. The number of anilines is 1. The predicted octanol–water partition coefficient (Wildman–Crippen LogP) is 3.26. The van der Waals surface area contributed by atoms with E-state index < -0.39 is 0 Å². The first-order chi connectivity index (χ1) is 12.6. The molecule has 6 heteroatoms. The van der Waals surface area contributed by atoms with Crippen LogP contribution in [-0.2, 0) is 27.5 Å². The maximum atomic E-state index is 12.6. The van der Waals surface area contributed by atoms with Gasteiger partial charge in [-0.2, -0.15) is 0 Å². The number of carbonyl (C=O) groups excluding carboxylic acids is 2. The minimum Gasteiger partial charge on any atom is -0.380 e. The Bertz CT molecular complexity index is 809. The molecule has 2 aromatic rings. The molecule has 0 aromatic heterocycles. The number of rotatable bonds is 6. The lowest BCUT2D eigenvalue weighted by Crippen LogP contribution is -2.33. The van der Waals surface area contributed by atoms with Crippen LogP contribution in [0.1, 0.15) is 17.5 Å². The third-order valence-corrected chi connectivity index (χ3v) is 5.18. The molecule has 0 aliphatic carbocycles. The van der Waals surface area contributed by atoms with Gasteiger partial charge in [0, 0.05) is 31.1 Å². The van der Waals surface area contributed by atoms with E-state index in [-0.39, 0.29) is 24.2 Å². The molecule has 0 spiro atoms. The van der Waals surface area contributed by atoms with Gasteiger partial charge >= 0.3 is 0 Å². The van der Waals surface area contributed by atoms with E-state index in [2.05, 4.69) is 21.2 Å². The second kappa shape index (κ2) is 8.47. The molecule has 5 nitrogen and oxygen atoms in total. The van der Waals surface area contributed by atoms with Gasteiger partial charge in [-0.25, -0.2) is 0 Å². The molecule has 2 amide bonds. The number of amides is 2. The molecule has 1 N–H and O–H groups in total. The maximum absolute atomic E-state index is 12.6. The van der Waals surface area contributed by atoms with Crippen molar-refractivity contribution in [3.05, 3.63) is 64.1 Å². The number of benzene rings is 2. The molecule has 3 rings (SSSR count). The summed E-state index contributed by atoms with van der Waals surface area (Å²) in [6.45, 7) is 1.33. The van der Waals surface area contributed by atoms with E-state index in [1.807, 2.05) is 48.5 Å². The van der Waals surface area contributed by atoms with Gasteiger partial charge in [-0.3, -0.25) is 9.59 Å². The topological polar surface area (TPSA) is 58.6 Å². The van der Waals surface area contributed by atoms with E-state index in [0.29, 0.717) is 19.7 Å². The van der Waals surface area contributed by atoms with Gasteiger partial charge in [0.05, 0.1) is 18.2 Å². The predicted molar refractivity (Wildman–Crippen MR) is 104 cm³/mol. The smallest absolute Gasteiger partial charge is 0.227 e. The number of methoxy groups -OCH3 is 1. The molecule has 1 aliphatic rings. The van der Waals surface area contributed by atoms with Crippen LogP contribution in [0, 0.1) is 5.92 Å². The van der Waals surface area contributed by atoms with E-state index in [1.54, 1.807) is 12.0 Å². The number of para-hydroxylation sites is 1. The van der Waals surface area contributed by atoms with Gasteiger partial charge in [-0.15, -0.1) is 0 Å². The lowest BCUT2D eigenvalue weighted by atomic mass is 10.1. The molecule has 1 saturated heterocycles. The highest BCUT2D eigenvalue weighted by Crippen LogP contribution is 2.31. The number of halogens is 1. The van der Waals surface area contributed by atoms with Crippen molar-refractivity contribution in [2.75, 3.05) is 18.6 Å². The van der Waals surface area contributed by atoms with Gasteiger partial charge in [0.1, 0.15) is 0 Å². The normalized spacial score (nSPS) is 16.8. The van der Waals surface area contributed by atoms with Crippen molar-refractivity contribution >= 4 is 33.4 Å². The van der Waals surface area contributed by atoms with Crippen molar-refractivity contribution in [2.24, 2.45) is 5.92 Å². The highest BCUT2D eigenvalue weighted by atomic mass is 79.9. The Morgan fingerprint density at radius 1 is 1.19 bits per heavy atom. The Labute approximate surface area is 161 Å². The molecule has 136 valence electrons. The summed E-state index contributed by atoms with van der Waals surface area (Å²) in [5.74, 6) is -0.471. The third kappa shape index (κ3) is 4.14. The fourth-order valence-corrected chi connectivity index (χ4v) is 3.64. The summed E-state index contributed by atoms with van der Waals surface area (Å²) < 4.78 is 6.04. The minimum absolute atomic E-state index is 0.0307. The first-order valence-corrected chi connectivity index (χ1v) is 9.27. The van der Waals surface area contributed by atoms with Crippen molar-refractivity contribution in [1.82, 2.24) is 5.32 Å². The summed E-state index contributed by atoms with van der Waals surface area (Å²) in [5, 5.41) is 2.96. The van der Waals surface area contributed by atoms with Crippen LogP contribution in [0.15, 0.2) is 53.0 Å². The number of carbonyl (C=O) groups is 2. The Balaban J connectivity index is 1.63. The first kappa shape index (κ1) is 18.6. The number of hydrogen-bond donors (Lipinski definition) is 1. The summed E-state index contributed by atoms with van der Waals surface area (Å²) in [7, 11) is 1.65. The van der Waals surface area contributed by atoms with Gasteiger partial charge in [0.25, 0.3) is 0 Å². The summed E-state index contributed by atoms with van der Waals surface area (Å²) in [5.41, 5.74) is 2.88. The molecule has 1 unspecified atom stereocenters. The van der Waals surface area contributed by atoms with E-state index in [4.69, 9.17) is 4.74 Å². The standard InChI is InChI=1S/C20H21BrN2O3/c1-26-13-15-7-3-2-6-14(15)11-22-20(25)16-10-19(24)23(12-16)18-9-5-4-8-17(18)21/h2-9,16H,10-13H2,1H3,(H,22,25). The number of nitrogens with one attached hydrogen (secondary N) is 1. The zero-order chi connectivity index (χ0) is 18.5. The summed E-state index contributed by atoms with van der Waals surface area (Å²) in [4.78, 5) is 26.6. The summed E-state index contributed by atoms with van der Waals surface area (Å²) in [6, 6.07) is 15.4. The third-order valence-electron chi connectivity index (χ3n) is 4.51. The van der Waals surface area contributed by atoms with Crippen molar-refractivity contribution in [2.45, 2.75) is 19.6 Å².